The standard InChI is InChI=1S/C17H34N2/c1-14-5-8-17(9-6-14,12-18-4)13-19-10-7-15(2)11-16(19)3/h14-16,18H,5-13H2,1-4H3. The second kappa shape index (κ2) is 6.58. The molecule has 19 heavy (non-hydrogen) atoms. The fourth-order valence-electron chi connectivity index (χ4n) is 4.26. The molecule has 1 saturated carbocycles. The summed E-state index contributed by atoms with van der Waals surface area (Å²) in [5.74, 6) is 1.88. The van der Waals surface area contributed by atoms with Crippen LogP contribution in [0.2, 0.25) is 0 Å². The van der Waals surface area contributed by atoms with Crippen LogP contribution < -0.4 is 5.32 Å². The molecule has 2 heteroatoms. The van der Waals surface area contributed by atoms with Gasteiger partial charge in [0.1, 0.15) is 0 Å². The van der Waals surface area contributed by atoms with E-state index in [-0.39, 0.29) is 0 Å². The smallest absolute Gasteiger partial charge is 0.00697 e. The molecule has 2 unspecified atom stereocenters. The topological polar surface area (TPSA) is 15.3 Å². The minimum absolute atomic E-state index is 0.552. The maximum absolute atomic E-state index is 3.48. The van der Waals surface area contributed by atoms with Gasteiger partial charge in [-0.1, -0.05) is 26.7 Å². The zero-order chi connectivity index (χ0) is 13.9. The Morgan fingerprint density at radius 2 is 1.74 bits per heavy atom. The van der Waals surface area contributed by atoms with E-state index in [9.17, 15) is 0 Å². The third kappa shape index (κ3) is 3.95. The largest absolute Gasteiger partial charge is 0.319 e. The molecule has 2 atom stereocenters. The van der Waals surface area contributed by atoms with Gasteiger partial charge in [-0.3, -0.25) is 0 Å². The second-order valence-corrected chi connectivity index (χ2v) is 7.66. The molecule has 0 aromatic heterocycles. The highest BCUT2D eigenvalue weighted by molar-refractivity contribution is 4.91. The highest BCUT2D eigenvalue weighted by Crippen LogP contribution is 2.40. The molecule has 1 heterocycles. The van der Waals surface area contributed by atoms with E-state index < -0.39 is 0 Å². The summed E-state index contributed by atoms with van der Waals surface area (Å²) >= 11 is 0. The summed E-state index contributed by atoms with van der Waals surface area (Å²) in [4.78, 5) is 2.79. The van der Waals surface area contributed by atoms with Gasteiger partial charge in [0.2, 0.25) is 0 Å². The summed E-state index contributed by atoms with van der Waals surface area (Å²) in [5, 5.41) is 3.48. The molecule has 2 fully saturated rings. The highest BCUT2D eigenvalue weighted by Gasteiger charge is 2.37. The van der Waals surface area contributed by atoms with Crippen LogP contribution in [0, 0.1) is 17.3 Å². The lowest BCUT2D eigenvalue weighted by Gasteiger charge is -2.46. The maximum Gasteiger partial charge on any atom is 0.00697 e. The van der Waals surface area contributed by atoms with E-state index in [1.165, 1.54) is 58.2 Å². The molecular formula is C17H34N2. The van der Waals surface area contributed by atoms with E-state index >= 15 is 0 Å². The lowest BCUT2D eigenvalue weighted by molar-refractivity contribution is 0.0412. The van der Waals surface area contributed by atoms with Crippen LogP contribution in [0.3, 0.4) is 0 Å². The highest BCUT2D eigenvalue weighted by atomic mass is 15.2. The number of nitrogens with one attached hydrogen (secondary N) is 1. The van der Waals surface area contributed by atoms with Crippen molar-refractivity contribution < 1.29 is 0 Å². The summed E-state index contributed by atoms with van der Waals surface area (Å²) < 4.78 is 0. The summed E-state index contributed by atoms with van der Waals surface area (Å²) in [6.07, 6.45) is 8.50. The third-order valence-corrected chi connectivity index (χ3v) is 5.70. The van der Waals surface area contributed by atoms with Crippen molar-refractivity contribution in [3.63, 3.8) is 0 Å². The van der Waals surface area contributed by atoms with Crippen molar-refractivity contribution in [2.24, 2.45) is 17.3 Å². The van der Waals surface area contributed by atoms with E-state index in [1.54, 1.807) is 0 Å². The van der Waals surface area contributed by atoms with Crippen LogP contribution in [0.5, 0.6) is 0 Å². The number of rotatable bonds is 4. The van der Waals surface area contributed by atoms with E-state index in [1.807, 2.05) is 0 Å². The molecule has 2 rings (SSSR count). The number of nitrogens with zero attached hydrogens (tertiary/aromatic N) is 1. The fraction of sp³-hybridized carbons (Fsp3) is 1.00. The van der Waals surface area contributed by atoms with Crippen molar-refractivity contribution in [2.45, 2.75) is 65.3 Å². The normalized spacial score (nSPS) is 41.4. The molecular weight excluding hydrogens is 232 g/mol. The third-order valence-electron chi connectivity index (χ3n) is 5.70. The molecule has 2 nitrogen and oxygen atoms in total. The van der Waals surface area contributed by atoms with Crippen LogP contribution >= 0.6 is 0 Å². The average Bonchev–Trinajstić information content (AvgIpc) is 2.37. The van der Waals surface area contributed by atoms with Crippen LogP contribution in [-0.4, -0.2) is 37.6 Å². The molecule has 0 aromatic rings. The van der Waals surface area contributed by atoms with Crippen LogP contribution in [0.25, 0.3) is 0 Å². The first-order chi connectivity index (χ1) is 9.04. The van der Waals surface area contributed by atoms with Gasteiger partial charge in [-0.2, -0.15) is 0 Å². The average molecular weight is 266 g/mol. The Hall–Kier alpha value is -0.0800. The molecule has 112 valence electrons. The van der Waals surface area contributed by atoms with Crippen LogP contribution in [-0.2, 0) is 0 Å². The molecule has 0 aromatic carbocycles. The molecule has 1 saturated heterocycles. The van der Waals surface area contributed by atoms with Crippen molar-refractivity contribution in [3.8, 4) is 0 Å². The van der Waals surface area contributed by atoms with Gasteiger partial charge in [0.15, 0.2) is 0 Å². The molecule has 0 radical (unpaired) electrons. The Kier molecular flexibility index (Phi) is 5.30. The number of hydrogen-bond acceptors (Lipinski definition) is 2. The van der Waals surface area contributed by atoms with Gasteiger partial charge >= 0.3 is 0 Å². The van der Waals surface area contributed by atoms with Gasteiger partial charge < -0.3 is 10.2 Å². The summed E-state index contributed by atoms with van der Waals surface area (Å²) in [7, 11) is 2.13. The van der Waals surface area contributed by atoms with Gasteiger partial charge in [0.25, 0.3) is 0 Å². The number of piperidine rings is 1. The Labute approximate surface area is 120 Å². The summed E-state index contributed by atoms with van der Waals surface area (Å²) in [6.45, 7) is 11.1. The van der Waals surface area contributed by atoms with Gasteiger partial charge in [-0.05, 0) is 63.5 Å². The monoisotopic (exact) mass is 266 g/mol. The van der Waals surface area contributed by atoms with Gasteiger partial charge in [-0.25, -0.2) is 0 Å². The quantitative estimate of drug-likeness (QED) is 0.837. The van der Waals surface area contributed by atoms with Crippen molar-refractivity contribution >= 4 is 0 Å². The van der Waals surface area contributed by atoms with Crippen molar-refractivity contribution in [1.29, 1.82) is 0 Å². The Morgan fingerprint density at radius 1 is 1.05 bits per heavy atom. The SMILES string of the molecule is CNCC1(CN2CCC(C)CC2C)CCC(C)CC1. The lowest BCUT2D eigenvalue weighted by atomic mass is 9.70. The molecule has 1 N–H and O–H groups in total. The predicted molar refractivity (Wildman–Crippen MR) is 83.4 cm³/mol. The first-order valence-electron chi connectivity index (χ1n) is 8.43. The number of likely N-dealkylation sites (tertiary alicyclic amines) is 1. The molecule has 0 spiro atoms. The molecule has 0 amide bonds. The Bertz CT molecular complexity index is 268. The van der Waals surface area contributed by atoms with Crippen molar-refractivity contribution in [2.75, 3.05) is 26.7 Å². The number of hydrogen-bond donors (Lipinski definition) is 1. The first kappa shape index (κ1) is 15.3. The fourth-order valence-corrected chi connectivity index (χ4v) is 4.26. The first-order valence-corrected chi connectivity index (χ1v) is 8.43. The summed E-state index contributed by atoms with van der Waals surface area (Å²) in [6, 6.07) is 0.789. The lowest BCUT2D eigenvalue weighted by Crippen LogP contribution is -2.50. The zero-order valence-electron chi connectivity index (χ0n) is 13.5. The zero-order valence-corrected chi connectivity index (χ0v) is 13.5. The van der Waals surface area contributed by atoms with Crippen molar-refractivity contribution in [1.82, 2.24) is 10.2 Å². The van der Waals surface area contributed by atoms with Crippen molar-refractivity contribution in [3.05, 3.63) is 0 Å². The van der Waals surface area contributed by atoms with E-state index in [0.717, 1.165) is 17.9 Å². The van der Waals surface area contributed by atoms with Gasteiger partial charge in [0, 0.05) is 19.1 Å². The molecule has 0 bridgehead atoms. The van der Waals surface area contributed by atoms with E-state index in [0.29, 0.717) is 5.41 Å². The van der Waals surface area contributed by atoms with Crippen LogP contribution in [0.4, 0.5) is 0 Å². The molecule has 1 aliphatic carbocycles. The predicted octanol–water partition coefficient (Wildman–Crippen LogP) is 3.52. The second-order valence-electron chi connectivity index (χ2n) is 7.66. The van der Waals surface area contributed by atoms with Crippen LogP contribution in [0.15, 0.2) is 0 Å². The van der Waals surface area contributed by atoms with Crippen LogP contribution in [0.1, 0.15) is 59.3 Å². The van der Waals surface area contributed by atoms with E-state index in [2.05, 4.69) is 38.0 Å². The Morgan fingerprint density at radius 3 is 2.32 bits per heavy atom. The van der Waals surface area contributed by atoms with Gasteiger partial charge in [-0.15, -0.1) is 0 Å². The summed E-state index contributed by atoms with van der Waals surface area (Å²) in [5.41, 5.74) is 0.552. The minimum atomic E-state index is 0.552. The van der Waals surface area contributed by atoms with Gasteiger partial charge in [0.05, 0.1) is 0 Å². The molecule has 1 aliphatic heterocycles. The Balaban J connectivity index is 1.96. The maximum atomic E-state index is 3.48. The molecule has 2 aliphatic rings. The minimum Gasteiger partial charge on any atom is -0.319 e. The van der Waals surface area contributed by atoms with E-state index in [4.69, 9.17) is 0 Å².